The molecule has 0 aromatic heterocycles. The Bertz CT molecular complexity index is 420. The molecular weight excluding hydrogens is 232 g/mol. The van der Waals surface area contributed by atoms with Crippen LogP contribution in [0, 0.1) is 0 Å². The molecule has 0 bridgehead atoms. The maximum atomic E-state index is 3.97. The fourth-order valence-corrected chi connectivity index (χ4v) is 2.41. The van der Waals surface area contributed by atoms with Crippen LogP contribution in [0.4, 0.5) is 5.69 Å². The monoisotopic (exact) mass is 258 g/mol. The van der Waals surface area contributed by atoms with Gasteiger partial charge in [-0.15, -0.1) is 0 Å². The van der Waals surface area contributed by atoms with Gasteiger partial charge in [0, 0.05) is 31.5 Å². The maximum absolute atomic E-state index is 3.97. The Hall–Kier alpha value is -1.70. The van der Waals surface area contributed by atoms with Crippen LogP contribution in [0.1, 0.15) is 27.2 Å². The van der Waals surface area contributed by atoms with E-state index in [1.165, 1.54) is 17.1 Å². The first-order valence-electron chi connectivity index (χ1n) is 7.17. The van der Waals surface area contributed by atoms with Gasteiger partial charge in [0.2, 0.25) is 0 Å². The Morgan fingerprint density at radius 3 is 2.32 bits per heavy atom. The summed E-state index contributed by atoms with van der Waals surface area (Å²) in [5, 5.41) is 0. The van der Waals surface area contributed by atoms with Gasteiger partial charge in [-0.3, -0.25) is 0 Å². The van der Waals surface area contributed by atoms with E-state index in [9.17, 15) is 0 Å². The minimum atomic E-state index is 1.02. The Balaban J connectivity index is 0.000000861. The Labute approximate surface area is 118 Å². The van der Waals surface area contributed by atoms with Crippen LogP contribution in [0.5, 0.6) is 0 Å². The normalized spacial score (nSPS) is 14.9. The van der Waals surface area contributed by atoms with Crippen molar-refractivity contribution >= 4 is 5.69 Å². The average Bonchev–Trinajstić information content (AvgIpc) is 2.49. The SMILES string of the molecule is C=CC1=C(CC)N(C)CCN1c1ccccc1.CC. The lowest BCUT2D eigenvalue weighted by Gasteiger charge is -2.38. The molecule has 0 amide bonds. The molecule has 1 aromatic carbocycles. The molecule has 104 valence electrons. The maximum Gasteiger partial charge on any atom is 0.0600 e. The second kappa shape index (κ2) is 7.67. The number of benzene rings is 1. The van der Waals surface area contributed by atoms with E-state index in [1.54, 1.807) is 0 Å². The van der Waals surface area contributed by atoms with Crippen LogP contribution in [0.15, 0.2) is 54.4 Å². The van der Waals surface area contributed by atoms with Crippen LogP contribution in [-0.2, 0) is 0 Å². The lowest BCUT2D eigenvalue weighted by molar-refractivity contribution is 0.388. The zero-order chi connectivity index (χ0) is 14.3. The number of likely N-dealkylation sites (N-methyl/N-ethyl adjacent to an activating group) is 1. The predicted octanol–water partition coefficient (Wildman–Crippen LogP) is 4.27. The first-order valence-corrected chi connectivity index (χ1v) is 7.17. The molecule has 0 N–H and O–H groups in total. The zero-order valence-electron chi connectivity index (χ0n) is 12.7. The summed E-state index contributed by atoms with van der Waals surface area (Å²) in [6, 6.07) is 10.5. The van der Waals surface area contributed by atoms with E-state index in [2.05, 4.69) is 60.7 Å². The summed E-state index contributed by atoms with van der Waals surface area (Å²) in [5.74, 6) is 0. The van der Waals surface area contributed by atoms with Gasteiger partial charge < -0.3 is 9.80 Å². The molecule has 0 fully saturated rings. The van der Waals surface area contributed by atoms with Crippen molar-refractivity contribution in [3.63, 3.8) is 0 Å². The van der Waals surface area contributed by atoms with Gasteiger partial charge in [-0.2, -0.15) is 0 Å². The van der Waals surface area contributed by atoms with Gasteiger partial charge in [-0.25, -0.2) is 0 Å². The van der Waals surface area contributed by atoms with Crippen LogP contribution < -0.4 is 4.90 Å². The molecule has 1 heterocycles. The van der Waals surface area contributed by atoms with Gasteiger partial charge in [0.1, 0.15) is 0 Å². The van der Waals surface area contributed by atoms with Crippen molar-refractivity contribution in [1.29, 1.82) is 0 Å². The molecule has 19 heavy (non-hydrogen) atoms. The molecule has 0 unspecified atom stereocenters. The number of anilines is 1. The number of hydrogen-bond donors (Lipinski definition) is 0. The fourth-order valence-electron chi connectivity index (χ4n) is 2.41. The minimum absolute atomic E-state index is 1.02. The summed E-state index contributed by atoms with van der Waals surface area (Å²) < 4.78 is 0. The molecule has 0 radical (unpaired) electrons. The van der Waals surface area contributed by atoms with Crippen molar-refractivity contribution in [2.24, 2.45) is 0 Å². The third-order valence-corrected chi connectivity index (χ3v) is 3.30. The number of nitrogens with zero attached hydrogens (tertiary/aromatic N) is 2. The highest BCUT2D eigenvalue weighted by atomic mass is 15.3. The summed E-state index contributed by atoms with van der Waals surface area (Å²) in [6.45, 7) is 12.2. The zero-order valence-corrected chi connectivity index (χ0v) is 12.7. The minimum Gasteiger partial charge on any atom is -0.374 e. The van der Waals surface area contributed by atoms with Crippen LogP contribution in [0.3, 0.4) is 0 Å². The standard InChI is InChI=1S/C15H20N2.C2H6/c1-4-14-15(5-2)17(12-11-16(14)3)13-9-7-6-8-10-13;1-2/h5-10H,2,4,11-12H2,1,3H3;1-2H3. The number of allylic oxidation sites excluding steroid dienone is 2. The molecule has 0 spiro atoms. The Kier molecular flexibility index (Phi) is 6.20. The summed E-state index contributed by atoms with van der Waals surface area (Å²) in [5.41, 5.74) is 3.86. The molecule has 1 aliphatic rings. The molecule has 1 aliphatic heterocycles. The van der Waals surface area contributed by atoms with Crippen LogP contribution in [0.2, 0.25) is 0 Å². The molecule has 2 nitrogen and oxygen atoms in total. The smallest absolute Gasteiger partial charge is 0.0600 e. The Morgan fingerprint density at radius 2 is 1.79 bits per heavy atom. The third-order valence-electron chi connectivity index (χ3n) is 3.30. The van der Waals surface area contributed by atoms with E-state index in [1.807, 2.05) is 19.9 Å². The van der Waals surface area contributed by atoms with Gasteiger partial charge >= 0.3 is 0 Å². The van der Waals surface area contributed by atoms with Crippen molar-refractivity contribution in [3.05, 3.63) is 54.4 Å². The van der Waals surface area contributed by atoms with Crippen molar-refractivity contribution < 1.29 is 0 Å². The molecule has 0 atom stereocenters. The van der Waals surface area contributed by atoms with Crippen LogP contribution in [0.25, 0.3) is 0 Å². The quantitative estimate of drug-likeness (QED) is 0.798. The van der Waals surface area contributed by atoms with Gasteiger partial charge in [-0.1, -0.05) is 45.5 Å². The molecule has 0 saturated carbocycles. The van der Waals surface area contributed by atoms with Crippen molar-refractivity contribution in [1.82, 2.24) is 4.90 Å². The molecular formula is C17H26N2. The number of para-hydroxylation sites is 1. The van der Waals surface area contributed by atoms with Crippen LogP contribution >= 0.6 is 0 Å². The largest absolute Gasteiger partial charge is 0.374 e. The summed E-state index contributed by atoms with van der Waals surface area (Å²) in [7, 11) is 2.16. The second-order valence-corrected chi connectivity index (χ2v) is 4.30. The highest BCUT2D eigenvalue weighted by Crippen LogP contribution is 2.27. The molecule has 0 saturated heterocycles. The average molecular weight is 258 g/mol. The van der Waals surface area contributed by atoms with E-state index < -0.39 is 0 Å². The van der Waals surface area contributed by atoms with Crippen molar-refractivity contribution in [2.75, 3.05) is 25.0 Å². The fraction of sp³-hybridized carbons (Fsp3) is 0.412. The molecule has 2 heteroatoms. The van der Waals surface area contributed by atoms with Gasteiger partial charge in [0.05, 0.1) is 5.70 Å². The van der Waals surface area contributed by atoms with E-state index in [0.717, 1.165) is 19.5 Å². The van der Waals surface area contributed by atoms with Gasteiger partial charge in [0.15, 0.2) is 0 Å². The van der Waals surface area contributed by atoms with E-state index in [4.69, 9.17) is 0 Å². The summed E-state index contributed by atoms with van der Waals surface area (Å²) >= 11 is 0. The van der Waals surface area contributed by atoms with E-state index >= 15 is 0 Å². The lowest BCUT2D eigenvalue weighted by Crippen LogP contribution is -2.39. The molecule has 1 aromatic rings. The third kappa shape index (κ3) is 3.40. The van der Waals surface area contributed by atoms with Gasteiger partial charge in [0.25, 0.3) is 0 Å². The van der Waals surface area contributed by atoms with E-state index in [-0.39, 0.29) is 0 Å². The van der Waals surface area contributed by atoms with Crippen molar-refractivity contribution in [3.8, 4) is 0 Å². The highest BCUT2D eigenvalue weighted by Gasteiger charge is 2.21. The summed E-state index contributed by atoms with van der Waals surface area (Å²) in [4.78, 5) is 4.68. The topological polar surface area (TPSA) is 6.48 Å². The highest BCUT2D eigenvalue weighted by molar-refractivity contribution is 5.56. The first-order chi connectivity index (χ1) is 9.27. The van der Waals surface area contributed by atoms with E-state index in [0.29, 0.717) is 0 Å². The molecule has 2 rings (SSSR count). The molecule has 0 aliphatic carbocycles. The number of hydrogen-bond acceptors (Lipinski definition) is 2. The second-order valence-electron chi connectivity index (χ2n) is 4.30. The van der Waals surface area contributed by atoms with Crippen LogP contribution in [-0.4, -0.2) is 25.0 Å². The van der Waals surface area contributed by atoms with Crippen molar-refractivity contribution in [2.45, 2.75) is 27.2 Å². The first kappa shape index (κ1) is 15.4. The summed E-state index contributed by atoms with van der Waals surface area (Å²) in [6.07, 6.45) is 3.02. The predicted molar refractivity (Wildman–Crippen MR) is 85.3 cm³/mol. The van der Waals surface area contributed by atoms with Gasteiger partial charge in [-0.05, 0) is 24.6 Å². The number of rotatable bonds is 3. The Morgan fingerprint density at radius 1 is 1.16 bits per heavy atom. The lowest BCUT2D eigenvalue weighted by atomic mass is 10.1.